The highest BCUT2D eigenvalue weighted by Crippen LogP contribution is 1.99. The molecule has 0 saturated carbocycles. The van der Waals surface area contributed by atoms with Crippen molar-refractivity contribution in [3.63, 3.8) is 0 Å². The first-order valence-corrected chi connectivity index (χ1v) is 6.56. The number of guanidine groups is 1. The molecule has 0 aromatic heterocycles. The van der Waals surface area contributed by atoms with E-state index >= 15 is 0 Å². The molecule has 0 aliphatic carbocycles. The summed E-state index contributed by atoms with van der Waals surface area (Å²) in [6.07, 6.45) is 0. The molecule has 0 aromatic carbocycles. The van der Waals surface area contributed by atoms with Crippen LogP contribution in [-0.4, -0.2) is 50.2 Å². The van der Waals surface area contributed by atoms with Gasteiger partial charge in [0.05, 0.1) is 19.4 Å². The van der Waals surface area contributed by atoms with Gasteiger partial charge in [0.1, 0.15) is 0 Å². The van der Waals surface area contributed by atoms with Gasteiger partial charge in [0.2, 0.25) is 0 Å². The van der Waals surface area contributed by atoms with Gasteiger partial charge < -0.3 is 15.4 Å². The van der Waals surface area contributed by atoms with Crippen LogP contribution in [0.4, 0.5) is 0 Å². The summed E-state index contributed by atoms with van der Waals surface area (Å²) in [5.74, 6) is 1.84. The van der Waals surface area contributed by atoms with E-state index < -0.39 is 0 Å². The second kappa shape index (κ2) is 13.9. The Bertz CT molecular complexity index is 220. The standard InChI is InChI=1S/C10H21N3O2S.HI/c1-4-11-10(12-5-2)13-6-7-16-8-9(14)15-3;/h4-8H2,1-3H3,(H2,11,12,13);1H. The maximum absolute atomic E-state index is 10.8. The van der Waals surface area contributed by atoms with E-state index in [9.17, 15) is 4.79 Å². The monoisotopic (exact) mass is 375 g/mol. The van der Waals surface area contributed by atoms with Crippen LogP contribution >= 0.6 is 35.7 Å². The number of methoxy groups -OCH3 is 1. The maximum Gasteiger partial charge on any atom is 0.315 e. The summed E-state index contributed by atoms with van der Waals surface area (Å²) in [6.45, 7) is 6.44. The molecule has 0 saturated heterocycles. The Labute approximate surface area is 125 Å². The van der Waals surface area contributed by atoms with E-state index in [2.05, 4.69) is 20.4 Å². The molecular formula is C10H22IN3O2S. The zero-order valence-corrected chi connectivity index (χ0v) is 13.8. The molecule has 0 heterocycles. The number of nitrogens with one attached hydrogen (secondary N) is 2. The van der Waals surface area contributed by atoms with Crippen LogP contribution in [0.1, 0.15) is 13.8 Å². The molecule has 0 unspecified atom stereocenters. The minimum absolute atomic E-state index is 0. The van der Waals surface area contributed by atoms with Gasteiger partial charge >= 0.3 is 5.97 Å². The van der Waals surface area contributed by atoms with E-state index in [4.69, 9.17) is 0 Å². The Hall–Kier alpha value is -0.180. The lowest BCUT2D eigenvalue weighted by atomic mass is 10.6. The third-order valence-electron chi connectivity index (χ3n) is 1.64. The Morgan fingerprint density at radius 1 is 1.29 bits per heavy atom. The molecule has 0 rings (SSSR count). The Morgan fingerprint density at radius 3 is 2.35 bits per heavy atom. The summed E-state index contributed by atoms with van der Waals surface area (Å²) in [4.78, 5) is 15.2. The van der Waals surface area contributed by atoms with E-state index in [1.807, 2.05) is 13.8 Å². The van der Waals surface area contributed by atoms with Crippen LogP contribution < -0.4 is 10.6 Å². The van der Waals surface area contributed by atoms with Gasteiger partial charge in [-0.3, -0.25) is 9.79 Å². The number of rotatable bonds is 7. The molecule has 7 heteroatoms. The van der Waals surface area contributed by atoms with Crippen molar-refractivity contribution in [3.05, 3.63) is 0 Å². The summed E-state index contributed by atoms with van der Waals surface area (Å²) in [7, 11) is 1.40. The number of aliphatic imine (C=N–C) groups is 1. The Kier molecular flexibility index (Phi) is 15.7. The fourth-order valence-corrected chi connectivity index (χ4v) is 1.59. The Morgan fingerprint density at radius 2 is 1.88 bits per heavy atom. The van der Waals surface area contributed by atoms with Gasteiger partial charge in [-0.2, -0.15) is 0 Å². The molecule has 0 bridgehead atoms. The van der Waals surface area contributed by atoms with Gasteiger partial charge in [-0.05, 0) is 13.8 Å². The summed E-state index contributed by atoms with van der Waals surface area (Å²) in [5, 5.41) is 6.26. The molecule has 0 aliphatic heterocycles. The average molecular weight is 375 g/mol. The molecular weight excluding hydrogens is 353 g/mol. The van der Waals surface area contributed by atoms with Crippen molar-refractivity contribution >= 4 is 47.7 Å². The summed E-state index contributed by atoms with van der Waals surface area (Å²) in [5.41, 5.74) is 0. The van der Waals surface area contributed by atoms with Gasteiger partial charge in [0.25, 0.3) is 0 Å². The summed E-state index contributed by atoms with van der Waals surface area (Å²) in [6, 6.07) is 0. The highest BCUT2D eigenvalue weighted by atomic mass is 127. The predicted molar refractivity (Wildman–Crippen MR) is 84.4 cm³/mol. The van der Waals surface area contributed by atoms with Crippen LogP contribution in [0.25, 0.3) is 0 Å². The van der Waals surface area contributed by atoms with Crippen LogP contribution in [-0.2, 0) is 9.53 Å². The molecule has 0 radical (unpaired) electrons. The van der Waals surface area contributed by atoms with Crippen molar-refractivity contribution in [3.8, 4) is 0 Å². The minimum Gasteiger partial charge on any atom is -0.468 e. The fraction of sp³-hybridized carbons (Fsp3) is 0.800. The van der Waals surface area contributed by atoms with Crippen LogP contribution in [0.5, 0.6) is 0 Å². The van der Waals surface area contributed by atoms with E-state index in [1.165, 1.54) is 18.9 Å². The van der Waals surface area contributed by atoms with Crippen molar-refractivity contribution < 1.29 is 9.53 Å². The van der Waals surface area contributed by atoms with Gasteiger partial charge in [0.15, 0.2) is 5.96 Å². The van der Waals surface area contributed by atoms with Gasteiger partial charge in [-0.15, -0.1) is 35.7 Å². The molecule has 0 spiro atoms. The number of hydrogen-bond donors (Lipinski definition) is 2. The van der Waals surface area contributed by atoms with Crippen molar-refractivity contribution in [2.45, 2.75) is 13.8 Å². The SMILES string of the molecule is CCNC(=NCCSCC(=O)OC)NCC.I. The van der Waals surface area contributed by atoms with Crippen LogP contribution in [0, 0.1) is 0 Å². The topological polar surface area (TPSA) is 62.7 Å². The number of halogens is 1. The predicted octanol–water partition coefficient (Wildman–Crippen LogP) is 1.09. The van der Waals surface area contributed by atoms with E-state index in [0.717, 1.165) is 24.8 Å². The number of hydrogen-bond acceptors (Lipinski definition) is 4. The number of nitrogens with zero attached hydrogens (tertiary/aromatic N) is 1. The Balaban J connectivity index is 0. The number of ether oxygens (including phenoxy) is 1. The van der Waals surface area contributed by atoms with Crippen LogP contribution in [0.2, 0.25) is 0 Å². The lowest BCUT2D eigenvalue weighted by molar-refractivity contribution is -0.137. The fourth-order valence-electron chi connectivity index (χ4n) is 0.946. The first kappa shape index (κ1) is 19.2. The number of carbonyl (C=O) groups is 1. The normalized spacial score (nSPS) is 8.88. The first-order valence-electron chi connectivity index (χ1n) is 5.41. The molecule has 5 nitrogen and oxygen atoms in total. The summed E-state index contributed by atoms with van der Waals surface area (Å²) < 4.78 is 4.53. The molecule has 0 amide bonds. The zero-order valence-electron chi connectivity index (χ0n) is 10.6. The van der Waals surface area contributed by atoms with E-state index in [-0.39, 0.29) is 29.9 Å². The lowest BCUT2D eigenvalue weighted by Gasteiger charge is -2.08. The number of esters is 1. The molecule has 0 aliphatic rings. The highest BCUT2D eigenvalue weighted by Gasteiger charge is 1.99. The zero-order chi connectivity index (χ0) is 12.2. The highest BCUT2D eigenvalue weighted by molar-refractivity contribution is 14.0. The van der Waals surface area contributed by atoms with Crippen LogP contribution in [0.15, 0.2) is 4.99 Å². The van der Waals surface area contributed by atoms with Gasteiger partial charge in [0, 0.05) is 18.8 Å². The third-order valence-corrected chi connectivity index (χ3v) is 2.55. The first-order chi connectivity index (χ1) is 7.74. The van der Waals surface area contributed by atoms with Crippen molar-refractivity contribution in [1.29, 1.82) is 0 Å². The van der Waals surface area contributed by atoms with Crippen molar-refractivity contribution in [2.24, 2.45) is 4.99 Å². The van der Waals surface area contributed by atoms with Gasteiger partial charge in [-0.1, -0.05) is 0 Å². The van der Waals surface area contributed by atoms with Gasteiger partial charge in [-0.25, -0.2) is 0 Å². The molecule has 17 heavy (non-hydrogen) atoms. The minimum atomic E-state index is -0.187. The molecule has 0 fully saturated rings. The molecule has 0 aromatic rings. The maximum atomic E-state index is 10.8. The van der Waals surface area contributed by atoms with Crippen molar-refractivity contribution in [2.75, 3.05) is 38.2 Å². The second-order valence-electron chi connectivity index (χ2n) is 2.92. The summed E-state index contributed by atoms with van der Waals surface area (Å²) >= 11 is 1.53. The quantitative estimate of drug-likeness (QED) is 0.229. The average Bonchev–Trinajstić information content (AvgIpc) is 2.28. The van der Waals surface area contributed by atoms with Crippen molar-refractivity contribution in [1.82, 2.24) is 10.6 Å². The molecule has 2 N–H and O–H groups in total. The lowest BCUT2D eigenvalue weighted by Crippen LogP contribution is -2.37. The number of carbonyl (C=O) groups excluding carboxylic acids is 1. The number of thioether (sulfide) groups is 1. The molecule has 0 atom stereocenters. The largest absolute Gasteiger partial charge is 0.468 e. The van der Waals surface area contributed by atoms with Crippen LogP contribution in [0.3, 0.4) is 0 Å². The third kappa shape index (κ3) is 12.1. The van der Waals surface area contributed by atoms with E-state index in [0.29, 0.717) is 12.3 Å². The van der Waals surface area contributed by atoms with E-state index in [1.54, 1.807) is 0 Å². The molecule has 102 valence electrons. The second-order valence-corrected chi connectivity index (χ2v) is 4.02. The smallest absolute Gasteiger partial charge is 0.315 e.